The molecule has 13 heteroatoms. The number of aliphatic hydroxyl groups is 1. The number of nitrogens with zero attached hydrogens (tertiary/aromatic N) is 2. The Kier molecular flexibility index (Phi) is 7.08. The Morgan fingerprint density at radius 3 is 2.41 bits per heavy atom. The molecular formula is C21H21F6N3O4. The molecule has 1 amide bonds. The van der Waals surface area contributed by atoms with Gasteiger partial charge in [0, 0.05) is 17.4 Å². The van der Waals surface area contributed by atoms with Crippen molar-refractivity contribution < 1.29 is 45.7 Å². The highest BCUT2D eigenvalue weighted by molar-refractivity contribution is 5.95. The van der Waals surface area contributed by atoms with E-state index in [2.05, 4.69) is 15.3 Å². The molecule has 1 aromatic heterocycles. The molecule has 1 saturated heterocycles. The van der Waals surface area contributed by atoms with Crippen molar-refractivity contribution in [3.05, 3.63) is 47.3 Å². The Labute approximate surface area is 190 Å². The van der Waals surface area contributed by atoms with Crippen LogP contribution in [0, 0.1) is 11.7 Å². The van der Waals surface area contributed by atoms with Gasteiger partial charge in [0.1, 0.15) is 24.3 Å². The average molecular weight is 493 g/mol. The molecule has 1 aliphatic rings. The lowest BCUT2D eigenvalue weighted by atomic mass is 9.76. The lowest BCUT2D eigenvalue weighted by molar-refractivity contribution is -0.272. The molecule has 3 rings (SSSR count). The van der Waals surface area contributed by atoms with Crippen LogP contribution in [0.3, 0.4) is 0 Å². The molecule has 0 unspecified atom stereocenters. The van der Waals surface area contributed by atoms with Crippen molar-refractivity contribution in [2.45, 2.75) is 50.7 Å². The molecule has 1 aliphatic heterocycles. The number of aliphatic hydroxyl groups excluding tert-OH is 1. The zero-order valence-corrected chi connectivity index (χ0v) is 18.2. The van der Waals surface area contributed by atoms with E-state index in [1.165, 1.54) is 0 Å². The third-order valence-corrected chi connectivity index (χ3v) is 6.00. The molecule has 0 saturated carbocycles. The number of alkyl halides is 5. The van der Waals surface area contributed by atoms with Crippen LogP contribution >= 0.6 is 0 Å². The Morgan fingerprint density at radius 1 is 1.29 bits per heavy atom. The summed E-state index contributed by atoms with van der Waals surface area (Å²) in [6.45, 7) is 1.44. The molecule has 34 heavy (non-hydrogen) atoms. The van der Waals surface area contributed by atoms with Crippen LogP contribution in [0.15, 0.2) is 24.5 Å². The Morgan fingerprint density at radius 2 is 1.91 bits per heavy atom. The van der Waals surface area contributed by atoms with Gasteiger partial charge in [0.25, 0.3) is 12.3 Å². The smallest absolute Gasteiger partial charge is 0.417 e. The lowest BCUT2D eigenvalue weighted by Gasteiger charge is -2.32. The van der Waals surface area contributed by atoms with E-state index >= 15 is 0 Å². The van der Waals surface area contributed by atoms with Crippen molar-refractivity contribution >= 4 is 11.6 Å². The minimum atomic E-state index is -4.93. The number of ether oxygens (including phenoxy) is 2. The van der Waals surface area contributed by atoms with E-state index < -0.39 is 65.8 Å². The molecule has 2 aromatic rings. The number of carbonyl (C=O) groups excluding carboxylic acids is 1. The van der Waals surface area contributed by atoms with Crippen molar-refractivity contribution in [3.63, 3.8) is 0 Å². The molecule has 1 fully saturated rings. The second-order valence-electron chi connectivity index (χ2n) is 7.88. The topological polar surface area (TPSA) is 93.6 Å². The Hall–Kier alpha value is -2.93. The second-order valence-corrected chi connectivity index (χ2v) is 7.88. The summed E-state index contributed by atoms with van der Waals surface area (Å²) in [6, 6.07) is 1.69. The first-order valence-electron chi connectivity index (χ1n) is 9.97. The first-order chi connectivity index (χ1) is 15.9. The Balaban J connectivity index is 2.10. The monoisotopic (exact) mass is 493 g/mol. The number of halogens is 6. The summed E-state index contributed by atoms with van der Waals surface area (Å²) in [5, 5.41) is 11.3. The number of rotatable bonds is 6. The zero-order chi connectivity index (χ0) is 25.4. The number of aromatic nitrogens is 2. The number of amides is 1. The predicted octanol–water partition coefficient (Wildman–Crippen LogP) is 4.13. The SMILES string of the molecule is COc1c([C@H]2[C@H](C(=O)Nc3cnc(CO)nc3)O[C@@](C)(C(F)(F)F)[C@H]2C)ccc(F)c1C(F)F. The van der Waals surface area contributed by atoms with E-state index in [-0.39, 0.29) is 17.1 Å². The zero-order valence-electron chi connectivity index (χ0n) is 18.2. The highest BCUT2D eigenvalue weighted by atomic mass is 19.4. The summed E-state index contributed by atoms with van der Waals surface area (Å²) in [7, 11) is 0.975. The fourth-order valence-corrected chi connectivity index (χ4v) is 4.02. The van der Waals surface area contributed by atoms with Crippen LogP contribution < -0.4 is 10.1 Å². The maximum Gasteiger partial charge on any atom is 0.417 e. The summed E-state index contributed by atoms with van der Waals surface area (Å²) < 4.78 is 93.3. The van der Waals surface area contributed by atoms with Gasteiger partial charge in [-0.15, -0.1) is 0 Å². The van der Waals surface area contributed by atoms with Crippen LogP contribution in [-0.2, 0) is 16.1 Å². The quantitative estimate of drug-likeness (QED) is 0.588. The van der Waals surface area contributed by atoms with E-state index in [4.69, 9.17) is 14.6 Å². The molecule has 0 radical (unpaired) electrons. The molecule has 4 atom stereocenters. The van der Waals surface area contributed by atoms with Gasteiger partial charge in [-0.1, -0.05) is 13.0 Å². The molecule has 0 aliphatic carbocycles. The van der Waals surface area contributed by atoms with Crippen LogP contribution in [0.4, 0.5) is 32.0 Å². The summed E-state index contributed by atoms with van der Waals surface area (Å²) in [4.78, 5) is 20.6. The second kappa shape index (κ2) is 9.37. The fourth-order valence-electron chi connectivity index (χ4n) is 4.02. The van der Waals surface area contributed by atoms with Crippen LogP contribution in [0.2, 0.25) is 0 Å². The third-order valence-electron chi connectivity index (χ3n) is 6.00. The standard InChI is InChI=1S/C21H21F6N3O4/c1-9-14(11-4-5-12(22)15(18(23)24)16(11)33-3)17(34-20(9,2)21(25,26)27)19(32)30-10-6-28-13(8-31)29-7-10/h4-7,9,14,17-18,31H,8H2,1-3H3,(H,30,32)/t9-,14-,17+,20+/m0/s1. The van der Waals surface area contributed by atoms with Crippen molar-refractivity contribution in [1.82, 2.24) is 9.97 Å². The summed E-state index contributed by atoms with van der Waals surface area (Å²) >= 11 is 0. The number of benzene rings is 1. The minimum absolute atomic E-state index is 0.00263. The largest absolute Gasteiger partial charge is 0.496 e. The highest BCUT2D eigenvalue weighted by Crippen LogP contribution is 2.55. The van der Waals surface area contributed by atoms with Gasteiger partial charge in [-0.25, -0.2) is 23.1 Å². The normalized spacial score (nSPS) is 25.0. The van der Waals surface area contributed by atoms with Gasteiger partial charge in [0.05, 0.1) is 30.8 Å². The summed E-state index contributed by atoms with van der Waals surface area (Å²) in [5.74, 6) is -5.84. The van der Waals surface area contributed by atoms with E-state index in [1.807, 2.05) is 0 Å². The van der Waals surface area contributed by atoms with Gasteiger partial charge in [-0.05, 0) is 13.0 Å². The van der Waals surface area contributed by atoms with Gasteiger partial charge < -0.3 is 19.9 Å². The number of hydrogen-bond acceptors (Lipinski definition) is 6. The molecule has 2 heterocycles. The first kappa shape index (κ1) is 25.7. The van der Waals surface area contributed by atoms with Gasteiger partial charge in [-0.2, -0.15) is 13.2 Å². The van der Waals surface area contributed by atoms with Crippen LogP contribution in [-0.4, -0.2) is 46.0 Å². The lowest BCUT2D eigenvalue weighted by Crippen LogP contribution is -2.47. The van der Waals surface area contributed by atoms with Crippen molar-refractivity contribution in [2.24, 2.45) is 5.92 Å². The molecule has 1 aromatic carbocycles. The molecule has 186 valence electrons. The van der Waals surface area contributed by atoms with Crippen molar-refractivity contribution in [1.29, 1.82) is 0 Å². The molecule has 2 N–H and O–H groups in total. The molecular weight excluding hydrogens is 472 g/mol. The third kappa shape index (κ3) is 4.41. The van der Waals surface area contributed by atoms with Gasteiger partial charge in [0.2, 0.25) is 0 Å². The van der Waals surface area contributed by atoms with Crippen molar-refractivity contribution in [3.8, 4) is 5.75 Å². The minimum Gasteiger partial charge on any atom is -0.496 e. The number of nitrogens with one attached hydrogen (secondary N) is 1. The molecule has 0 bridgehead atoms. The number of anilines is 1. The van der Waals surface area contributed by atoms with E-state index in [0.29, 0.717) is 6.07 Å². The van der Waals surface area contributed by atoms with Crippen LogP contribution in [0.25, 0.3) is 0 Å². The van der Waals surface area contributed by atoms with E-state index in [0.717, 1.165) is 39.4 Å². The molecule has 0 spiro atoms. The molecule has 7 nitrogen and oxygen atoms in total. The number of methoxy groups -OCH3 is 1. The Bertz CT molecular complexity index is 1050. The van der Waals surface area contributed by atoms with E-state index in [9.17, 15) is 31.1 Å². The highest BCUT2D eigenvalue weighted by Gasteiger charge is 2.66. The fraction of sp³-hybridized carbons (Fsp3) is 0.476. The van der Waals surface area contributed by atoms with Gasteiger partial charge in [-0.3, -0.25) is 4.79 Å². The van der Waals surface area contributed by atoms with Crippen LogP contribution in [0.5, 0.6) is 5.75 Å². The van der Waals surface area contributed by atoms with Crippen molar-refractivity contribution in [2.75, 3.05) is 12.4 Å². The number of carbonyl (C=O) groups is 1. The maximum atomic E-state index is 14.1. The summed E-state index contributed by atoms with van der Waals surface area (Å²) in [6.07, 6.45) is -7.81. The van der Waals surface area contributed by atoms with Gasteiger partial charge in [0.15, 0.2) is 11.4 Å². The van der Waals surface area contributed by atoms with Gasteiger partial charge >= 0.3 is 6.18 Å². The predicted molar refractivity (Wildman–Crippen MR) is 106 cm³/mol. The average Bonchev–Trinajstić information content (AvgIpc) is 3.05. The first-order valence-corrected chi connectivity index (χ1v) is 9.97. The summed E-state index contributed by atoms with van der Waals surface area (Å²) in [5.41, 5.74) is -4.19. The van der Waals surface area contributed by atoms with Crippen LogP contribution in [0.1, 0.15) is 43.1 Å². The van der Waals surface area contributed by atoms with E-state index in [1.54, 1.807) is 0 Å². The number of hydrogen-bond donors (Lipinski definition) is 2. The maximum absolute atomic E-state index is 14.1.